The predicted octanol–water partition coefficient (Wildman–Crippen LogP) is 4.11. The lowest BCUT2D eigenvalue weighted by Crippen LogP contribution is -2.49. The number of nitrogens with zero attached hydrogens (tertiary/aromatic N) is 3. The molecule has 0 saturated carbocycles. The zero-order valence-corrected chi connectivity index (χ0v) is 17.0. The van der Waals surface area contributed by atoms with Crippen molar-refractivity contribution in [1.82, 2.24) is 9.88 Å². The molecule has 5 heteroatoms. The van der Waals surface area contributed by atoms with E-state index < -0.39 is 0 Å². The Bertz CT molecular complexity index is 986. The summed E-state index contributed by atoms with van der Waals surface area (Å²) in [4.78, 5) is 21.8. The summed E-state index contributed by atoms with van der Waals surface area (Å²) in [5, 5.41) is 1.07. The van der Waals surface area contributed by atoms with Crippen LogP contribution in [0.15, 0.2) is 36.4 Å². The minimum atomic E-state index is 0.220. The van der Waals surface area contributed by atoms with Crippen molar-refractivity contribution >= 4 is 32.6 Å². The van der Waals surface area contributed by atoms with Crippen LogP contribution in [-0.2, 0) is 11.2 Å². The third kappa shape index (κ3) is 3.69. The number of aromatic nitrogens is 1. The van der Waals surface area contributed by atoms with Gasteiger partial charge in [-0.3, -0.25) is 4.79 Å². The maximum absolute atomic E-state index is 12.7. The molecule has 1 fully saturated rings. The summed E-state index contributed by atoms with van der Waals surface area (Å²) in [6.45, 7) is 9.52. The van der Waals surface area contributed by atoms with E-state index in [1.807, 2.05) is 4.90 Å². The number of hydrogen-bond donors (Lipinski definition) is 0. The highest BCUT2D eigenvalue weighted by atomic mass is 32.1. The molecule has 1 amide bonds. The molecule has 27 heavy (non-hydrogen) atoms. The van der Waals surface area contributed by atoms with Crippen molar-refractivity contribution in [1.29, 1.82) is 0 Å². The van der Waals surface area contributed by atoms with E-state index in [4.69, 9.17) is 4.98 Å². The monoisotopic (exact) mass is 379 g/mol. The van der Waals surface area contributed by atoms with Crippen LogP contribution >= 0.6 is 11.3 Å². The van der Waals surface area contributed by atoms with Crippen molar-refractivity contribution in [2.75, 3.05) is 31.1 Å². The standard InChI is InChI=1S/C22H25N3OS/c1-15-7-8-18(13-17(15)3)14-20(26)24-9-11-25(12-10-24)22-23-21-16(2)5-4-6-19(21)27-22/h4-8,13H,9-12,14H2,1-3H3. The Labute approximate surface area is 164 Å². The molecule has 0 N–H and O–H groups in total. The molecule has 1 aromatic heterocycles. The van der Waals surface area contributed by atoms with Crippen LogP contribution in [0.25, 0.3) is 10.2 Å². The summed E-state index contributed by atoms with van der Waals surface area (Å²) in [6, 6.07) is 12.6. The van der Waals surface area contributed by atoms with Gasteiger partial charge in [0.2, 0.25) is 5.91 Å². The van der Waals surface area contributed by atoms with Crippen molar-refractivity contribution in [3.63, 3.8) is 0 Å². The fraction of sp³-hybridized carbons (Fsp3) is 0.364. The number of anilines is 1. The highest BCUT2D eigenvalue weighted by Crippen LogP contribution is 2.31. The normalized spacial score (nSPS) is 14.8. The van der Waals surface area contributed by atoms with Gasteiger partial charge in [0.15, 0.2) is 5.13 Å². The van der Waals surface area contributed by atoms with Gasteiger partial charge in [-0.1, -0.05) is 41.7 Å². The Morgan fingerprint density at radius 3 is 2.48 bits per heavy atom. The minimum absolute atomic E-state index is 0.220. The van der Waals surface area contributed by atoms with Gasteiger partial charge < -0.3 is 9.80 Å². The van der Waals surface area contributed by atoms with Crippen molar-refractivity contribution in [3.05, 3.63) is 58.7 Å². The molecule has 4 rings (SSSR count). The van der Waals surface area contributed by atoms with Gasteiger partial charge in [0.05, 0.1) is 16.6 Å². The van der Waals surface area contributed by atoms with Crippen LogP contribution in [0.3, 0.4) is 0 Å². The lowest BCUT2D eigenvalue weighted by molar-refractivity contribution is -0.130. The van der Waals surface area contributed by atoms with Gasteiger partial charge in [0, 0.05) is 26.2 Å². The zero-order chi connectivity index (χ0) is 19.0. The number of carbonyl (C=O) groups is 1. The number of hydrogen-bond acceptors (Lipinski definition) is 4. The van der Waals surface area contributed by atoms with Gasteiger partial charge in [-0.2, -0.15) is 0 Å². The van der Waals surface area contributed by atoms with Crippen molar-refractivity contribution in [2.45, 2.75) is 27.2 Å². The number of benzene rings is 2. The zero-order valence-electron chi connectivity index (χ0n) is 16.2. The Kier molecular flexibility index (Phi) is 4.87. The molecule has 140 valence electrons. The molecule has 0 atom stereocenters. The van der Waals surface area contributed by atoms with Crippen LogP contribution in [0.1, 0.15) is 22.3 Å². The number of para-hydroxylation sites is 1. The van der Waals surface area contributed by atoms with Gasteiger partial charge in [0.1, 0.15) is 0 Å². The smallest absolute Gasteiger partial charge is 0.227 e. The molecule has 0 aliphatic carbocycles. The summed E-state index contributed by atoms with van der Waals surface area (Å²) < 4.78 is 1.23. The molecule has 2 aromatic carbocycles. The predicted molar refractivity (Wildman–Crippen MR) is 113 cm³/mol. The van der Waals surface area contributed by atoms with E-state index in [2.05, 4.69) is 62.1 Å². The Balaban J connectivity index is 1.39. The molecule has 1 saturated heterocycles. The number of thiazole rings is 1. The summed E-state index contributed by atoms with van der Waals surface area (Å²) in [5.41, 5.74) is 5.94. The molecule has 4 nitrogen and oxygen atoms in total. The largest absolute Gasteiger partial charge is 0.345 e. The van der Waals surface area contributed by atoms with Gasteiger partial charge in [-0.15, -0.1) is 0 Å². The summed E-state index contributed by atoms with van der Waals surface area (Å²) >= 11 is 1.74. The average molecular weight is 380 g/mol. The second kappa shape index (κ2) is 7.31. The lowest BCUT2D eigenvalue weighted by Gasteiger charge is -2.34. The van der Waals surface area contributed by atoms with E-state index in [0.29, 0.717) is 6.42 Å². The molecule has 3 aromatic rings. The van der Waals surface area contributed by atoms with Gasteiger partial charge >= 0.3 is 0 Å². The summed E-state index contributed by atoms with van der Waals surface area (Å²) in [6.07, 6.45) is 0.488. The van der Waals surface area contributed by atoms with Crippen molar-refractivity contribution in [2.24, 2.45) is 0 Å². The van der Waals surface area contributed by atoms with E-state index in [9.17, 15) is 4.79 Å². The number of amides is 1. The highest BCUT2D eigenvalue weighted by Gasteiger charge is 2.23. The molecule has 1 aliphatic rings. The third-order valence-corrected chi connectivity index (χ3v) is 6.52. The van der Waals surface area contributed by atoms with E-state index in [1.165, 1.54) is 21.4 Å². The number of carbonyl (C=O) groups excluding carboxylic acids is 1. The topological polar surface area (TPSA) is 36.4 Å². The first-order valence-electron chi connectivity index (χ1n) is 9.46. The van der Waals surface area contributed by atoms with Crippen LogP contribution in [0.4, 0.5) is 5.13 Å². The molecule has 2 heterocycles. The fourth-order valence-corrected chi connectivity index (χ4v) is 4.65. The van der Waals surface area contributed by atoms with E-state index in [-0.39, 0.29) is 5.91 Å². The molecular formula is C22H25N3OS. The van der Waals surface area contributed by atoms with Crippen molar-refractivity contribution < 1.29 is 4.79 Å². The average Bonchev–Trinajstić information content (AvgIpc) is 3.11. The first-order valence-corrected chi connectivity index (χ1v) is 10.3. The second-order valence-electron chi connectivity index (χ2n) is 7.38. The SMILES string of the molecule is Cc1ccc(CC(=O)N2CCN(c3nc4c(C)cccc4s3)CC2)cc1C. The highest BCUT2D eigenvalue weighted by molar-refractivity contribution is 7.22. The molecule has 0 bridgehead atoms. The second-order valence-corrected chi connectivity index (χ2v) is 8.39. The maximum Gasteiger partial charge on any atom is 0.227 e. The van der Waals surface area contributed by atoms with Crippen LogP contribution < -0.4 is 4.90 Å². The van der Waals surface area contributed by atoms with Crippen LogP contribution in [-0.4, -0.2) is 42.0 Å². The van der Waals surface area contributed by atoms with Crippen molar-refractivity contribution in [3.8, 4) is 0 Å². The van der Waals surface area contributed by atoms with E-state index >= 15 is 0 Å². The quantitative estimate of drug-likeness (QED) is 0.687. The van der Waals surface area contributed by atoms with Crippen LogP contribution in [0.2, 0.25) is 0 Å². The number of aryl methyl sites for hydroxylation is 3. The minimum Gasteiger partial charge on any atom is -0.345 e. The third-order valence-electron chi connectivity index (χ3n) is 5.44. The first-order chi connectivity index (χ1) is 13.0. The fourth-order valence-electron chi connectivity index (χ4n) is 3.56. The molecule has 0 spiro atoms. The number of fused-ring (bicyclic) bond motifs is 1. The van der Waals surface area contributed by atoms with Gasteiger partial charge in [-0.05, 0) is 49.1 Å². The van der Waals surface area contributed by atoms with E-state index in [1.54, 1.807) is 11.3 Å². The molecule has 1 aliphatic heterocycles. The lowest BCUT2D eigenvalue weighted by atomic mass is 10.0. The Hall–Kier alpha value is -2.40. The number of rotatable bonds is 3. The Morgan fingerprint density at radius 1 is 1.00 bits per heavy atom. The Morgan fingerprint density at radius 2 is 1.78 bits per heavy atom. The first kappa shape index (κ1) is 18.0. The summed E-state index contributed by atoms with van der Waals surface area (Å²) in [5.74, 6) is 0.220. The maximum atomic E-state index is 12.7. The number of piperazine rings is 1. The van der Waals surface area contributed by atoms with Gasteiger partial charge in [0.25, 0.3) is 0 Å². The summed E-state index contributed by atoms with van der Waals surface area (Å²) in [7, 11) is 0. The van der Waals surface area contributed by atoms with Gasteiger partial charge in [-0.25, -0.2) is 4.98 Å². The molecule has 0 radical (unpaired) electrons. The van der Waals surface area contributed by atoms with E-state index in [0.717, 1.165) is 42.4 Å². The molecule has 0 unspecified atom stereocenters. The molecular weight excluding hydrogens is 354 g/mol. The van der Waals surface area contributed by atoms with Crippen LogP contribution in [0.5, 0.6) is 0 Å². The van der Waals surface area contributed by atoms with Crippen LogP contribution in [0, 0.1) is 20.8 Å².